The van der Waals surface area contributed by atoms with Crippen LogP contribution in [0.3, 0.4) is 0 Å². The molecule has 0 atom stereocenters. The van der Waals surface area contributed by atoms with Gasteiger partial charge in [0.05, 0.1) is 0 Å². The van der Waals surface area contributed by atoms with Crippen molar-refractivity contribution in [3.8, 4) is 0 Å². The Morgan fingerprint density at radius 3 is 0.300 bits per heavy atom. The molecule has 0 aliphatic heterocycles. The van der Waals surface area contributed by atoms with Crippen molar-refractivity contribution >= 4 is 40.5 Å². The van der Waals surface area contributed by atoms with Gasteiger partial charge >= 0.3 is 142 Å². The van der Waals surface area contributed by atoms with E-state index in [4.69, 9.17) is 0 Å². The van der Waals surface area contributed by atoms with Crippen LogP contribution in [-0.2, 0) is 56.9 Å². The van der Waals surface area contributed by atoms with Crippen LogP contribution in [0.2, 0.25) is 0 Å². The Kier molecular flexibility index (Phi) is 884. The fourth-order valence-electron chi connectivity index (χ4n) is 0. The van der Waals surface area contributed by atoms with Crippen molar-refractivity contribution in [3.63, 3.8) is 0 Å². The van der Waals surface area contributed by atoms with Crippen LogP contribution in [0.4, 0.5) is 0 Å². The van der Waals surface area contributed by atoms with Crippen molar-refractivity contribution in [2.45, 2.75) is 0 Å². The summed E-state index contributed by atoms with van der Waals surface area (Å²) in [7, 11) is 0. The summed E-state index contributed by atoms with van der Waals surface area (Å²) in [5, 5.41) is 0. The Bertz CT molecular complexity index is 15.7. The van der Waals surface area contributed by atoms with Crippen molar-refractivity contribution in [1.82, 2.24) is 0 Å². The molecule has 0 saturated carbocycles. The molecule has 0 rings (SSSR count). The van der Waals surface area contributed by atoms with E-state index in [9.17, 15) is 0 Å². The molecule has 48 valence electrons. The molecule has 0 aliphatic carbocycles. The molecule has 10 heteroatoms. The average Bonchev–Trinajstić information content (AvgIpc) is 0. The van der Waals surface area contributed by atoms with Crippen LogP contribution >= 0.6 is 0 Å². The molecule has 0 unspecified atom stereocenters. The third kappa shape index (κ3) is 67.9. The Morgan fingerprint density at radius 2 is 0.300 bits per heavy atom. The van der Waals surface area contributed by atoms with Gasteiger partial charge in [-0.25, -0.2) is 0 Å². The van der Waals surface area contributed by atoms with Gasteiger partial charge in [0.25, 0.3) is 0 Å². The van der Waals surface area contributed by atoms with Crippen molar-refractivity contribution in [3.05, 3.63) is 0 Å². The van der Waals surface area contributed by atoms with E-state index in [1.165, 1.54) is 0 Å². The Hall–Kier alpha value is 5.71. The molecule has 0 bridgehead atoms. The van der Waals surface area contributed by atoms with Crippen LogP contribution in [-0.4, -0.2) is 0 Å². The molecule has 10 heavy (non-hydrogen) atoms. The van der Waals surface area contributed by atoms with Crippen molar-refractivity contribution in [2.75, 3.05) is 0 Å². The molecule has 0 aromatic rings. The van der Waals surface area contributed by atoms with Gasteiger partial charge in [0, 0.05) is 0 Å². The van der Waals surface area contributed by atoms with E-state index in [-0.39, 0.29) is 199 Å². The molecule has 0 amide bonds. The van der Waals surface area contributed by atoms with Gasteiger partial charge in [-0.05, 0) is 0 Å². The second-order valence-electron chi connectivity index (χ2n) is 0. The van der Waals surface area contributed by atoms with Crippen LogP contribution in [0.1, 0.15) is 0 Å². The SMILES string of the molecule is [La+3].[La+3].[La+3].[La+3].[O-2].[O-2].[O-2].[S-2].[S-2].[S-2]. The molecule has 0 heterocycles. The van der Waals surface area contributed by atoms with Crippen molar-refractivity contribution in [2.24, 2.45) is 0 Å². The first-order valence-corrected chi connectivity index (χ1v) is 0. The van der Waals surface area contributed by atoms with E-state index in [0.717, 1.165) is 0 Å². The minimum atomic E-state index is 0. The molecule has 0 aromatic heterocycles. The van der Waals surface area contributed by atoms with E-state index in [1.807, 2.05) is 0 Å². The summed E-state index contributed by atoms with van der Waals surface area (Å²) in [5.41, 5.74) is 0. The van der Waals surface area contributed by atoms with Crippen LogP contribution in [0, 0.1) is 142 Å². The van der Waals surface area contributed by atoms with Crippen LogP contribution in [0.25, 0.3) is 0 Å². The van der Waals surface area contributed by atoms with E-state index < -0.39 is 0 Å². The second-order valence-corrected chi connectivity index (χ2v) is 0. The fraction of sp³-hybridized carbons (Fsp3) is 0. The number of hydrogen-bond acceptors (Lipinski definition) is 0. The molecule has 0 spiro atoms. The average molecular weight is 700 g/mol. The minimum Gasteiger partial charge on any atom is -2.00 e. The minimum absolute atomic E-state index is 0. The summed E-state index contributed by atoms with van der Waals surface area (Å²) in [6.07, 6.45) is 0. The molecule has 3 nitrogen and oxygen atoms in total. The van der Waals surface area contributed by atoms with Gasteiger partial charge in [0.2, 0.25) is 0 Å². The summed E-state index contributed by atoms with van der Waals surface area (Å²) in [5.74, 6) is 0. The zero-order valence-corrected chi connectivity index (χ0v) is 21.7. The van der Waals surface area contributed by atoms with Gasteiger partial charge in [-0.15, -0.1) is 0 Å². The summed E-state index contributed by atoms with van der Waals surface area (Å²) in [6.45, 7) is 0. The molecule has 0 saturated heterocycles. The Balaban J connectivity index is 0. The third-order valence-electron chi connectivity index (χ3n) is 0. The summed E-state index contributed by atoms with van der Waals surface area (Å²) >= 11 is 0. The second kappa shape index (κ2) is 84.8. The van der Waals surface area contributed by atoms with E-state index >= 15 is 0 Å². The quantitative estimate of drug-likeness (QED) is 0.331. The maximum absolute atomic E-state index is 0. The van der Waals surface area contributed by atoms with Gasteiger partial charge in [0.1, 0.15) is 0 Å². The zero-order valence-electron chi connectivity index (χ0n) is 4.76. The summed E-state index contributed by atoms with van der Waals surface area (Å²) in [4.78, 5) is 0. The molecule has 0 aliphatic rings. The maximum atomic E-state index is 0. The molecule has 0 aromatic carbocycles. The fourth-order valence-corrected chi connectivity index (χ4v) is 0. The van der Waals surface area contributed by atoms with Crippen LogP contribution < -0.4 is 0 Å². The van der Waals surface area contributed by atoms with Gasteiger partial charge < -0.3 is 56.9 Å². The smallest absolute Gasteiger partial charge is 2.00 e. The largest absolute Gasteiger partial charge is 3.00 e. The van der Waals surface area contributed by atoms with E-state index in [1.54, 1.807) is 0 Å². The zero-order chi connectivity index (χ0) is 0. The normalized spacial score (nSPS) is 0. The monoisotopic (exact) mass is 700 g/mol. The predicted molar refractivity (Wildman–Crippen MR) is 24.2 cm³/mol. The van der Waals surface area contributed by atoms with Gasteiger partial charge in [-0.2, -0.15) is 0 Å². The number of rotatable bonds is 0. The summed E-state index contributed by atoms with van der Waals surface area (Å²) in [6, 6.07) is 0. The first-order chi connectivity index (χ1) is 0. The standard InChI is InChI=1S/4La.3O.3S/q4*+3;6*-2. The number of hydrogen-bond donors (Lipinski definition) is 0. The summed E-state index contributed by atoms with van der Waals surface area (Å²) < 4.78 is 0. The molecular formula is La4O3S3. The molecular weight excluding hydrogens is 700 g/mol. The van der Waals surface area contributed by atoms with E-state index in [2.05, 4.69) is 0 Å². The predicted octanol–water partition coefficient (Wildman–Crippen LogP) is -0.364. The Labute approximate surface area is 194 Å². The molecule has 0 N–H and O–H groups in total. The van der Waals surface area contributed by atoms with Crippen LogP contribution in [0.5, 0.6) is 0 Å². The van der Waals surface area contributed by atoms with Gasteiger partial charge in [-0.1, -0.05) is 0 Å². The van der Waals surface area contributed by atoms with Gasteiger partial charge in [0.15, 0.2) is 0 Å². The van der Waals surface area contributed by atoms with Gasteiger partial charge in [-0.3, -0.25) is 0 Å². The maximum Gasteiger partial charge on any atom is 3.00 e. The van der Waals surface area contributed by atoms with E-state index in [0.29, 0.717) is 0 Å². The van der Waals surface area contributed by atoms with Crippen molar-refractivity contribution in [1.29, 1.82) is 0 Å². The third-order valence-corrected chi connectivity index (χ3v) is 0. The first-order valence-electron chi connectivity index (χ1n) is 0. The first kappa shape index (κ1) is 104. The van der Waals surface area contributed by atoms with Crippen LogP contribution in [0.15, 0.2) is 0 Å². The topological polar surface area (TPSA) is 85.5 Å². The molecule has 0 fully saturated rings. The molecule has 0 radical (unpaired) electrons. The Morgan fingerprint density at radius 1 is 0.300 bits per heavy atom. The van der Waals surface area contributed by atoms with Crippen molar-refractivity contribution < 1.29 is 159 Å².